The van der Waals surface area contributed by atoms with Crippen LogP contribution in [0.1, 0.15) is 43.2 Å². The van der Waals surface area contributed by atoms with Crippen molar-refractivity contribution in [1.82, 2.24) is 9.80 Å². The van der Waals surface area contributed by atoms with Crippen LogP contribution in [0.25, 0.3) is 0 Å². The maximum Gasteiger partial charge on any atom is 0.233 e. The lowest BCUT2D eigenvalue weighted by molar-refractivity contribution is -0.140. The molecule has 1 aliphatic heterocycles. The molecule has 0 unspecified atom stereocenters. The van der Waals surface area contributed by atoms with Gasteiger partial charge in [0.05, 0.1) is 23.5 Å². The molecule has 0 bridgehead atoms. The molecule has 2 atom stereocenters. The summed E-state index contributed by atoms with van der Waals surface area (Å²) in [6.45, 7) is 0.549. The van der Waals surface area contributed by atoms with Gasteiger partial charge in [0.1, 0.15) is 0 Å². The highest BCUT2D eigenvalue weighted by Crippen LogP contribution is 2.37. The largest absolute Gasteiger partial charge is 0.341 e. The van der Waals surface area contributed by atoms with Gasteiger partial charge in [-0.1, -0.05) is 25.0 Å². The molecule has 0 aromatic heterocycles. The van der Waals surface area contributed by atoms with Crippen molar-refractivity contribution in [3.63, 3.8) is 0 Å². The Morgan fingerprint density at radius 1 is 1.23 bits per heavy atom. The fraction of sp³-hybridized carbons (Fsp3) is 0.500. The third-order valence-electron chi connectivity index (χ3n) is 5.38. The van der Waals surface area contributed by atoms with Gasteiger partial charge in [0.25, 0.3) is 0 Å². The van der Waals surface area contributed by atoms with Crippen LogP contribution in [0.4, 0.5) is 0 Å². The summed E-state index contributed by atoms with van der Waals surface area (Å²) in [5.41, 5.74) is 1.43. The molecule has 26 heavy (non-hydrogen) atoms. The van der Waals surface area contributed by atoms with E-state index in [-0.39, 0.29) is 42.5 Å². The minimum atomic E-state index is -0.169. The minimum absolute atomic E-state index is 0.100. The fourth-order valence-corrected chi connectivity index (χ4v) is 3.95. The van der Waals surface area contributed by atoms with E-state index in [9.17, 15) is 14.4 Å². The van der Waals surface area contributed by atoms with Crippen molar-refractivity contribution in [2.24, 2.45) is 11.8 Å². The van der Waals surface area contributed by atoms with Crippen LogP contribution < -0.4 is 0 Å². The average molecular weight is 353 g/mol. The first-order chi connectivity index (χ1) is 12.5. The number of benzene rings is 1. The normalized spacial score (nSPS) is 22.1. The van der Waals surface area contributed by atoms with E-state index in [0.29, 0.717) is 12.1 Å². The molecule has 0 radical (unpaired) electrons. The monoisotopic (exact) mass is 353 g/mol. The molecule has 0 N–H and O–H groups in total. The van der Waals surface area contributed by atoms with E-state index in [0.717, 1.165) is 31.2 Å². The van der Waals surface area contributed by atoms with Crippen LogP contribution in [0.15, 0.2) is 24.3 Å². The third-order valence-corrected chi connectivity index (χ3v) is 5.38. The van der Waals surface area contributed by atoms with Crippen molar-refractivity contribution in [1.29, 1.82) is 5.26 Å². The van der Waals surface area contributed by atoms with Gasteiger partial charge < -0.3 is 4.90 Å². The Labute approximate surface area is 153 Å². The molecule has 2 aliphatic rings. The van der Waals surface area contributed by atoms with Crippen LogP contribution >= 0.6 is 0 Å². The van der Waals surface area contributed by atoms with Gasteiger partial charge in [-0.2, -0.15) is 5.26 Å². The lowest BCUT2D eigenvalue weighted by Crippen LogP contribution is -2.36. The zero-order valence-corrected chi connectivity index (χ0v) is 15.0. The summed E-state index contributed by atoms with van der Waals surface area (Å²) in [6.07, 6.45) is 3.70. The van der Waals surface area contributed by atoms with E-state index < -0.39 is 0 Å². The fourth-order valence-electron chi connectivity index (χ4n) is 3.95. The van der Waals surface area contributed by atoms with E-state index in [1.165, 1.54) is 4.90 Å². The van der Waals surface area contributed by atoms with Crippen LogP contribution in [-0.2, 0) is 20.9 Å². The van der Waals surface area contributed by atoms with Gasteiger partial charge in [0.15, 0.2) is 0 Å². The first-order valence-corrected chi connectivity index (χ1v) is 9.09. The zero-order valence-electron chi connectivity index (χ0n) is 15.0. The van der Waals surface area contributed by atoms with Crippen LogP contribution in [0.2, 0.25) is 0 Å². The summed E-state index contributed by atoms with van der Waals surface area (Å²) >= 11 is 0. The summed E-state index contributed by atoms with van der Waals surface area (Å²) in [7, 11) is 1.69. The van der Waals surface area contributed by atoms with Crippen molar-refractivity contribution < 1.29 is 14.4 Å². The number of rotatable bonds is 5. The summed E-state index contributed by atoms with van der Waals surface area (Å²) < 4.78 is 0. The SMILES string of the molecule is CN(Cc1cccc(C#N)c1)C(=O)CCN1C(=O)[C@@H]2CCCC[C@H]2C1=O. The summed E-state index contributed by atoms with van der Waals surface area (Å²) in [5.74, 6) is -0.660. The maximum absolute atomic E-state index is 12.4. The average Bonchev–Trinajstić information content (AvgIpc) is 2.90. The number of nitrogens with zero attached hydrogens (tertiary/aromatic N) is 3. The van der Waals surface area contributed by atoms with Crippen molar-refractivity contribution in [2.45, 2.75) is 38.6 Å². The van der Waals surface area contributed by atoms with Gasteiger partial charge in [-0.15, -0.1) is 0 Å². The Morgan fingerprint density at radius 2 is 1.88 bits per heavy atom. The molecule has 1 aromatic rings. The van der Waals surface area contributed by atoms with Gasteiger partial charge in [-0.05, 0) is 30.5 Å². The Kier molecular flexibility index (Phi) is 5.36. The second kappa shape index (κ2) is 7.69. The summed E-state index contributed by atoms with van der Waals surface area (Å²) in [4.78, 5) is 40.1. The highest BCUT2D eigenvalue weighted by molar-refractivity contribution is 6.05. The van der Waals surface area contributed by atoms with Gasteiger partial charge in [0.2, 0.25) is 17.7 Å². The molecule has 3 amide bonds. The van der Waals surface area contributed by atoms with Gasteiger partial charge in [0, 0.05) is 26.6 Å². The van der Waals surface area contributed by atoms with Crippen molar-refractivity contribution in [3.8, 4) is 6.07 Å². The smallest absolute Gasteiger partial charge is 0.233 e. The highest BCUT2D eigenvalue weighted by atomic mass is 16.2. The molecule has 6 heteroatoms. The molecule has 2 fully saturated rings. The van der Waals surface area contributed by atoms with Gasteiger partial charge >= 0.3 is 0 Å². The van der Waals surface area contributed by atoms with Gasteiger partial charge in [-0.3, -0.25) is 19.3 Å². The lowest BCUT2D eigenvalue weighted by Gasteiger charge is -2.20. The Bertz CT molecular complexity index is 744. The summed E-state index contributed by atoms with van der Waals surface area (Å²) in [5, 5.41) is 8.95. The Morgan fingerprint density at radius 3 is 2.50 bits per heavy atom. The van der Waals surface area contributed by atoms with Crippen LogP contribution in [0.3, 0.4) is 0 Å². The van der Waals surface area contributed by atoms with Crippen LogP contribution in [-0.4, -0.2) is 41.1 Å². The Hall–Kier alpha value is -2.68. The first-order valence-electron chi connectivity index (χ1n) is 9.09. The molecule has 0 spiro atoms. The molecule has 1 saturated heterocycles. The molecule has 1 saturated carbocycles. The number of nitriles is 1. The second-order valence-corrected chi connectivity index (χ2v) is 7.14. The predicted molar refractivity (Wildman–Crippen MR) is 94.4 cm³/mol. The topological polar surface area (TPSA) is 81.5 Å². The van der Waals surface area contributed by atoms with Crippen LogP contribution in [0, 0.1) is 23.2 Å². The third kappa shape index (κ3) is 3.62. The van der Waals surface area contributed by atoms with Gasteiger partial charge in [-0.25, -0.2) is 0 Å². The number of amides is 3. The molecular weight excluding hydrogens is 330 g/mol. The number of likely N-dealkylation sites (tertiary alicyclic amines) is 1. The zero-order chi connectivity index (χ0) is 18.7. The van der Waals surface area contributed by atoms with Crippen molar-refractivity contribution in [2.75, 3.05) is 13.6 Å². The van der Waals surface area contributed by atoms with E-state index in [1.807, 2.05) is 6.07 Å². The molecule has 3 rings (SSSR count). The molecule has 6 nitrogen and oxygen atoms in total. The maximum atomic E-state index is 12.4. The number of fused-ring (bicyclic) bond motifs is 1. The first kappa shape index (κ1) is 18.1. The number of hydrogen-bond donors (Lipinski definition) is 0. The Balaban J connectivity index is 1.55. The van der Waals surface area contributed by atoms with Crippen molar-refractivity contribution >= 4 is 17.7 Å². The van der Waals surface area contributed by atoms with Crippen LogP contribution in [0.5, 0.6) is 0 Å². The number of carbonyl (C=O) groups excluding carboxylic acids is 3. The van der Waals surface area contributed by atoms with E-state index in [1.54, 1.807) is 30.1 Å². The van der Waals surface area contributed by atoms with E-state index >= 15 is 0 Å². The standard InChI is InChI=1S/C20H23N3O3/c1-22(13-15-6-4-5-14(11-15)12-21)18(24)9-10-23-19(25)16-7-2-3-8-17(16)20(23)26/h4-6,11,16-17H,2-3,7-10,13H2,1H3/t16-,17-/m1/s1. The highest BCUT2D eigenvalue weighted by Gasteiger charge is 2.47. The predicted octanol–water partition coefficient (Wildman–Crippen LogP) is 2.08. The lowest BCUT2D eigenvalue weighted by atomic mass is 9.81. The molecule has 1 heterocycles. The quantitative estimate of drug-likeness (QED) is 0.759. The minimum Gasteiger partial charge on any atom is -0.341 e. The summed E-state index contributed by atoms with van der Waals surface area (Å²) in [6, 6.07) is 9.20. The van der Waals surface area contributed by atoms with Crippen molar-refractivity contribution in [3.05, 3.63) is 35.4 Å². The van der Waals surface area contributed by atoms with E-state index in [4.69, 9.17) is 5.26 Å². The van der Waals surface area contributed by atoms with E-state index in [2.05, 4.69) is 6.07 Å². The number of imide groups is 1. The molecule has 1 aliphatic carbocycles. The number of hydrogen-bond acceptors (Lipinski definition) is 4. The molecular formula is C20H23N3O3. The number of carbonyl (C=O) groups is 3. The second-order valence-electron chi connectivity index (χ2n) is 7.14. The molecule has 136 valence electrons. The molecule has 1 aromatic carbocycles.